The molecule has 1 aliphatic rings. The van der Waals surface area contributed by atoms with Gasteiger partial charge in [0.1, 0.15) is 11.9 Å². The van der Waals surface area contributed by atoms with E-state index in [0.717, 1.165) is 19.3 Å². The second-order valence-electron chi connectivity index (χ2n) is 3.83. The van der Waals surface area contributed by atoms with Crippen LogP contribution in [0.5, 0.6) is 5.75 Å². The van der Waals surface area contributed by atoms with Crippen molar-refractivity contribution in [3.8, 4) is 5.75 Å². The van der Waals surface area contributed by atoms with Crippen LogP contribution in [0.2, 0.25) is 0 Å². The molecule has 2 rings (SSSR count). The maximum atomic E-state index is 12.0. The van der Waals surface area contributed by atoms with Crippen molar-refractivity contribution in [3.05, 3.63) is 24.0 Å². The molecule has 86 valence electrons. The summed E-state index contributed by atoms with van der Waals surface area (Å²) < 4.78 is 10.5. The highest BCUT2D eigenvalue weighted by molar-refractivity contribution is 5.99. The topological polar surface area (TPSA) is 48.4 Å². The third-order valence-electron chi connectivity index (χ3n) is 2.71. The van der Waals surface area contributed by atoms with E-state index in [9.17, 15) is 4.79 Å². The number of hydrogen-bond acceptors (Lipinski definition) is 4. The van der Waals surface area contributed by atoms with Crippen molar-refractivity contribution >= 4 is 5.78 Å². The molecule has 1 saturated heterocycles. The maximum Gasteiger partial charge on any atom is 0.193 e. The predicted octanol–water partition coefficient (Wildman–Crippen LogP) is 1.84. The second kappa shape index (κ2) is 5.07. The summed E-state index contributed by atoms with van der Waals surface area (Å²) in [6, 6.07) is 1.70. The Kier molecular flexibility index (Phi) is 3.51. The minimum Gasteiger partial charge on any atom is -0.495 e. The van der Waals surface area contributed by atoms with Crippen LogP contribution < -0.4 is 4.74 Å². The Balaban J connectivity index is 2.12. The molecule has 1 atom stereocenters. The molecule has 16 heavy (non-hydrogen) atoms. The third kappa shape index (κ3) is 2.39. The van der Waals surface area contributed by atoms with Gasteiger partial charge in [0.2, 0.25) is 0 Å². The average Bonchev–Trinajstić information content (AvgIpc) is 2.39. The van der Waals surface area contributed by atoms with Gasteiger partial charge in [-0.2, -0.15) is 0 Å². The highest BCUT2D eigenvalue weighted by Gasteiger charge is 2.23. The highest BCUT2D eigenvalue weighted by atomic mass is 16.5. The number of nitrogens with zero attached hydrogens (tertiary/aromatic N) is 1. The van der Waals surface area contributed by atoms with E-state index in [2.05, 4.69) is 4.98 Å². The summed E-state index contributed by atoms with van der Waals surface area (Å²) >= 11 is 0. The van der Waals surface area contributed by atoms with Crippen molar-refractivity contribution in [2.75, 3.05) is 13.7 Å². The summed E-state index contributed by atoms with van der Waals surface area (Å²) in [5.41, 5.74) is 0.561. The van der Waals surface area contributed by atoms with Gasteiger partial charge in [0, 0.05) is 18.4 Å². The first kappa shape index (κ1) is 11.1. The number of carbonyl (C=O) groups excluding carboxylic acids is 1. The zero-order chi connectivity index (χ0) is 11.4. The normalized spacial score (nSPS) is 20.4. The van der Waals surface area contributed by atoms with Gasteiger partial charge in [-0.05, 0) is 25.3 Å². The first-order valence-corrected chi connectivity index (χ1v) is 5.46. The van der Waals surface area contributed by atoms with Crippen molar-refractivity contribution in [3.63, 3.8) is 0 Å². The smallest absolute Gasteiger partial charge is 0.193 e. The van der Waals surface area contributed by atoms with E-state index in [1.54, 1.807) is 25.6 Å². The number of ketones is 1. The van der Waals surface area contributed by atoms with E-state index in [1.165, 1.54) is 0 Å². The zero-order valence-corrected chi connectivity index (χ0v) is 9.31. The highest BCUT2D eigenvalue weighted by Crippen LogP contribution is 2.19. The van der Waals surface area contributed by atoms with Crippen molar-refractivity contribution in [2.45, 2.75) is 25.4 Å². The number of aromatic nitrogens is 1. The molecule has 1 fully saturated rings. The number of hydrogen-bond donors (Lipinski definition) is 0. The molecule has 2 heterocycles. The van der Waals surface area contributed by atoms with E-state index in [0.29, 0.717) is 17.9 Å². The van der Waals surface area contributed by atoms with Crippen LogP contribution in [-0.4, -0.2) is 30.6 Å². The summed E-state index contributed by atoms with van der Waals surface area (Å²) in [5.74, 6) is 0.604. The third-order valence-corrected chi connectivity index (χ3v) is 2.71. The fraction of sp³-hybridized carbons (Fsp3) is 0.500. The Morgan fingerprint density at radius 3 is 3.06 bits per heavy atom. The molecule has 0 aromatic carbocycles. The molecular weight excluding hydrogens is 206 g/mol. The Hall–Kier alpha value is -1.42. The predicted molar refractivity (Wildman–Crippen MR) is 58.7 cm³/mol. The summed E-state index contributed by atoms with van der Waals surface area (Å²) in [6.45, 7) is 0.674. The summed E-state index contributed by atoms with van der Waals surface area (Å²) in [4.78, 5) is 16.0. The molecule has 0 radical (unpaired) electrons. The maximum absolute atomic E-state index is 12.0. The van der Waals surface area contributed by atoms with Crippen LogP contribution in [0.25, 0.3) is 0 Å². The van der Waals surface area contributed by atoms with Crippen LogP contribution in [-0.2, 0) is 4.74 Å². The second-order valence-corrected chi connectivity index (χ2v) is 3.83. The minimum absolute atomic E-state index is 0.00565. The molecule has 1 aromatic rings. The fourth-order valence-electron chi connectivity index (χ4n) is 1.80. The average molecular weight is 221 g/mol. The van der Waals surface area contributed by atoms with Crippen molar-refractivity contribution in [2.24, 2.45) is 0 Å². The summed E-state index contributed by atoms with van der Waals surface area (Å²) in [6.07, 6.45) is 5.73. The molecular formula is C12H15NO3. The molecule has 4 heteroatoms. The molecule has 1 aromatic heterocycles. The molecule has 1 aliphatic heterocycles. The molecule has 0 spiro atoms. The fourth-order valence-corrected chi connectivity index (χ4v) is 1.80. The van der Waals surface area contributed by atoms with Gasteiger partial charge in [-0.3, -0.25) is 9.78 Å². The first-order chi connectivity index (χ1) is 7.81. The van der Waals surface area contributed by atoms with Crippen molar-refractivity contribution in [1.82, 2.24) is 4.98 Å². The number of methoxy groups -OCH3 is 1. The molecule has 0 aliphatic carbocycles. The number of rotatable bonds is 3. The Morgan fingerprint density at radius 2 is 2.38 bits per heavy atom. The lowest BCUT2D eigenvalue weighted by molar-refractivity contribution is 0.0186. The van der Waals surface area contributed by atoms with Crippen molar-refractivity contribution in [1.29, 1.82) is 0 Å². The molecule has 1 unspecified atom stereocenters. The molecule has 0 amide bonds. The van der Waals surface area contributed by atoms with Gasteiger partial charge in [-0.1, -0.05) is 0 Å². The van der Waals surface area contributed by atoms with Crippen LogP contribution >= 0.6 is 0 Å². The Morgan fingerprint density at radius 1 is 1.50 bits per heavy atom. The monoisotopic (exact) mass is 221 g/mol. The van der Waals surface area contributed by atoms with Crippen molar-refractivity contribution < 1.29 is 14.3 Å². The van der Waals surface area contributed by atoms with Crippen LogP contribution in [0.15, 0.2) is 18.5 Å². The lowest BCUT2D eigenvalue weighted by Gasteiger charge is -2.21. The van der Waals surface area contributed by atoms with Gasteiger partial charge in [-0.25, -0.2) is 0 Å². The molecule has 0 saturated carbocycles. The minimum atomic E-state index is -0.303. The number of carbonyl (C=O) groups is 1. The lowest BCUT2D eigenvalue weighted by atomic mass is 10.0. The van der Waals surface area contributed by atoms with E-state index < -0.39 is 0 Å². The van der Waals surface area contributed by atoms with Gasteiger partial charge in [0.15, 0.2) is 5.78 Å². The molecule has 0 N–H and O–H groups in total. The van der Waals surface area contributed by atoms with Gasteiger partial charge >= 0.3 is 0 Å². The SMILES string of the molecule is COc1cncc(C(=O)C2CCCCO2)c1. The van der Waals surface area contributed by atoms with Crippen LogP contribution in [0.1, 0.15) is 29.6 Å². The van der Waals surface area contributed by atoms with Gasteiger partial charge in [0.25, 0.3) is 0 Å². The summed E-state index contributed by atoms with van der Waals surface area (Å²) in [7, 11) is 1.56. The lowest BCUT2D eigenvalue weighted by Crippen LogP contribution is -2.28. The first-order valence-electron chi connectivity index (χ1n) is 5.46. The number of pyridine rings is 1. The largest absolute Gasteiger partial charge is 0.495 e. The van der Waals surface area contributed by atoms with Crippen LogP contribution in [0.4, 0.5) is 0 Å². The number of Topliss-reactive ketones (excluding diaryl/α,β-unsaturated/α-hetero) is 1. The van der Waals surface area contributed by atoms with E-state index >= 15 is 0 Å². The van der Waals surface area contributed by atoms with E-state index in [-0.39, 0.29) is 11.9 Å². The quantitative estimate of drug-likeness (QED) is 0.731. The summed E-state index contributed by atoms with van der Waals surface area (Å²) in [5, 5.41) is 0. The Bertz CT molecular complexity index is 372. The van der Waals surface area contributed by atoms with Gasteiger partial charge in [-0.15, -0.1) is 0 Å². The Labute approximate surface area is 94.6 Å². The zero-order valence-electron chi connectivity index (χ0n) is 9.31. The molecule has 4 nitrogen and oxygen atoms in total. The van der Waals surface area contributed by atoms with Gasteiger partial charge in [0.05, 0.1) is 13.3 Å². The molecule has 0 bridgehead atoms. The van der Waals surface area contributed by atoms with E-state index in [1.807, 2.05) is 0 Å². The standard InChI is InChI=1S/C12H15NO3/c1-15-10-6-9(7-13-8-10)12(14)11-4-2-3-5-16-11/h6-8,11H,2-5H2,1H3. The number of ether oxygens (including phenoxy) is 2. The van der Waals surface area contributed by atoms with Crippen LogP contribution in [0.3, 0.4) is 0 Å². The van der Waals surface area contributed by atoms with Crippen LogP contribution in [0, 0.1) is 0 Å². The van der Waals surface area contributed by atoms with E-state index in [4.69, 9.17) is 9.47 Å². The van der Waals surface area contributed by atoms with Gasteiger partial charge < -0.3 is 9.47 Å².